The van der Waals surface area contributed by atoms with Gasteiger partial charge in [-0.05, 0) is 67.1 Å². The van der Waals surface area contributed by atoms with Gasteiger partial charge in [-0.15, -0.1) is 0 Å². The van der Waals surface area contributed by atoms with Crippen LogP contribution in [0.2, 0.25) is 0 Å². The second kappa shape index (κ2) is 4.51. The number of aryl methyl sites for hydroxylation is 1. The van der Waals surface area contributed by atoms with E-state index >= 15 is 0 Å². The van der Waals surface area contributed by atoms with Crippen LogP contribution in [0.4, 0.5) is 5.69 Å². The van der Waals surface area contributed by atoms with Crippen molar-refractivity contribution in [1.82, 2.24) is 5.32 Å². The molecule has 0 heterocycles. The van der Waals surface area contributed by atoms with Crippen LogP contribution >= 0.6 is 0 Å². The van der Waals surface area contributed by atoms with Crippen molar-refractivity contribution in [2.75, 3.05) is 5.73 Å². The molecule has 3 aliphatic carbocycles. The van der Waals surface area contributed by atoms with Gasteiger partial charge in [-0.1, -0.05) is 12.1 Å². The van der Waals surface area contributed by atoms with Crippen LogP contribution in [0.25, 0.3) is 0 Å². The van der Waals surface area contributed by atoms with E-state index in [2.05, 4.69) is 5.32 Å². The number of hydrogen-bond acceptors (Lipinski definition) is 2. The minimum atomic E-state index is 0.223. The molecule has 4 atom stereocenters. The van der Waals surface area contributed by atoms with Crippen LogP contribution in [0.5, 0.6) is 0 Å². The standard InChI is InChI=1S/C17H22N2O/c18-13-6-1-10(2-7-13)3-8-14(20)19-17-15-11-4-5-12(9-11)16(15)17/h1-2,6-7,11-12,15-17H,3-5,8-9,18H2,(H,19,20). The van der Waals surface area contributed by atoms with E-state index in [1.165, 1.54) is 24.8 Å². The Labute approximate surface area is 119 Å². The molecule has 3 N–H and O–H groups in total. The van der Waals surface area contributed by atoms with E-state index in [0.29, 0.717) is 12.5 Å². The maximum absolute atomic E-state index is 12.1. The number of nitrogens with two attached hydrogens (primary N) is 1. The maximum atomic E-state index is 12.1. The first-order chi connectivity index (χ1) is 9.72. The third-order valence-electron chi connectivity index (χ3n) is 5.68. The molecule has 3 saturated carbocycles. The summed E-state index contributed by atoms with van der Waals surface area (Å²) in [4.78, 5) is 12.1. The summed E-state index contributed by atoms with van der Waals surface area (Å²) < 4.78 is 0. The normalized spacial score (nSPS) is 36.7. The number of nitrogens with one attached hydrogen (secondary N) is 1. The van der Waals surface area contributed by atoms with E-state index in [1.807, 2.05) is 24.3 Å². The Balaban J connectivity index is 1.27. The first kappa shape index (κ1) is 12.2. The van der Waals surface area contributed by atoms with Crippen LogP contribution in [0, 0.1) is 23.7 Å². The Morgan fingerprint density at radius 1 is 1.15 bits per heavy atom. The number of rotatable bonds is 4. The van der Waals surface area contributed by atoms with Gasteiger partial charge in [-0.3, -0.25) is 4.79 Å². The molecular weight excluding hydrogens is 248 g/mol. The van der Waals surface area contributed by atoms with Gasteiger partial charge in [0.2, 0.25) is 5.91 Å². The molecule has 3 aliphatic rings. The lowest BCUT2D eigenvalue weighted by molar-refractivity contribution is -0.121. The van der Waals surface area contributed by atoms with Crippen molar-refractivity contribution < 1.29 is 4.79 Å². The van der Waals surface area contributed by atoms with Crippen LogP contribution in [-0.2, 0) is 11.2 Å². The third-order valence-corrected chi connectivity index (χ3v) is 5.68. The lowest BCUT2D eigenvalue weighted by Crippen LogP contribution is -2.30. The molecule has 4 rings (SSSR count). The van der Waals surface area contributed by atoms with E-state index in [0.717, 1.165) is 35.8 Å². The Hall–Kier alpha value is -1.51. The number of fused-ring (bicyclic) bond motifs is 5. The lowest BCUT2D eigenvalue weighted by atomic mass is 10.0. The first-order valence-corrected chi connectivity index (χ1v) is 7.86. The zero-order chi connectivity index (χ0) is 13.7. The average Bonchev–Trinajstić information content (AvgIpc) is 2.84. The second-order valence-electron chi connectivity index (χ2n) is 6.82. The maximum Gasteiger partial charge on any atom is 0.220 e. The van der Waals surface area contributed by atoms with Gasteiger partial charge in [0.1, 0.15) is 0 Å². The van der Waals surface area contributed by atoms with E-state index in [4.69, 9.17) is 5.73 Å². The van der Waals surface area contributed by atoms with Gasteiger partial charge in [-0.2, -0.15) is 0 Å². The fraction of sp³-hybridized carbons (Fsp3) is 0.588. The molecule has 0 saturated heterocycles. The minimum Gasteiger partial charge on any atom is -0.399 e. The van der Waals surface area contributed by atoms with Crippen molar-refractivity contribution in [2.24, 2.45) is 23.7 Å². The SMILES string of the molecule is Nc1ccc(CCC(=O)NC2C3C4CCC(C4)C23)cc1. The van der Waals surface area contributed by atoms with Crippen LogP contribution in [0.3, 0.4) is 0 Å². The fourth-order valence-electron chi connectivity index (χ4n) is 4.72. The highest BCUT2D eigenvalue weighted by atomic mass is 16.1. The van der Waals surface area contributed by atoms with Crippen LogP contribution < -0.4 is 11.1 Å². The van der Waals surface area contributed by atoms with Crippen molar-refractivity contribution in [2.45, 2.75) is 38.1 Å². The van der Waals surface area contributed by atoms with Crippen LogP contribution in [0.15, 0.2) is 24.3 Å². The largest absolute Gasteiger partial charge is 0.399 e. The predicted octanol–water partition coefficient (Wildman–Crippen LogP) is 2.36. The Bertz CT molecular complexity index is 508. The van der Waals surface area contributed by atoms with Crippen molar-refractivity contribution in [3.05, 3.63) is 29.8 Å². The third kappa shape index (κ3) is 2.00. The molecule has 0 aliphatic heterocycles. The summed E-state index contributed by atoms with van der Waals surface area (Å²) in [5.74, 6) is 3.73. The van der Waals surface area contributed by atoms with Gasteiger partial charge in [-0.25, -0.2) is 0 Å². The topological polar surface area (TPSA) is 55.1 Å². The molecule has 2 bridgehead atoms. The Morgan fingerprint density at radius 2 is 1.80 bits per heavy atom. The number of nitrogen functional groups attached to an aromatic ring is 1. The highest BCUT2D eigenvalue weighted by Gasteiger charge is 2.65. The van der Waals surface area contributed by atoms with Gasteiger partial charge >= 0.3 is 0 Å². The molecule has 3 heteroatoms. The van der Waals surface area contributed by atoms with Crippen molar-refractivity contribution >= 4 is 11.6 Å². The van der Waals surface area contributed by atoms with E-state index in [1.54, 1.807) is 0 Å². The predicted molar refractivity (Wildman–Crippen MR) is 78.9 cm³/mol. The molecule has 1 aromatic rings. The summed E-state index contributed by atoms with van der Waals surface area (Å²) in [5.41, 5.74) is 7.62. The zero-order valence-electron chi connectivity index (χ0n) is 11.7. The van der Waals surface area contributed by atoms with Crippen molar-refractivity contribution in [3.8, 4) is 0 Å². The quantitative estimate of drug-likeness (QED) is 0.825. The molecule has 3 fully saturated rings. The molecule has 20 heavy (non-hydrogen) atoms. The zero-order valence-corrected chi connectivity index (χ0v) is 11.7. The van der Waals surface area contributed by atoms with Gasteiger partial charge < -0.3 is 11.1 Å². The molecule has 0 aromatic heterocycles. The molecule has 106 valence electrons. The molecule has 1 aromatic carbocycles. The number of hydrogen-bond donors (Lipinski definition) is 2. The monoisotopic (exact) mass is 270 g/mol. The second-order valence-corrected chi connectivity index (χ2v) is 6.82. The van der Waals surface area contributed by atoms with Gasteiger partial charge in [0.25, 0.3) is 0 Å². The summed E-state index contributed by atoms with van der Waals surface area (Å²) in [6, 6.07) is 8.33. The van der Waals surface area contributed by atoms with Crippen molar-refractivity contribution in [1.29, 1.82) is 0 Å². The summed E-state index contributed by atoms with van der Waals surface area (Å²) in [5, 5.41) is 3.27. The average molecular weight is 270 g/mol. The molecule has 3 nitrogen and oxygen atoms in total. The molecule has 1 amide bonds. The number of anilines is 1. The van der Waals surface area contributed by atoms with Crippen LogP contribution in [0.1, 0.15) is 31.2 Å². The first-order valence-electron chi connectivity index (χ1n) is 7.86. The van der Waals surface area contributed by atoms with E-state index < -0.39 is 0 Å². The molecular formula is C17H22N2O. The summed E-state index contributed by atoms with van der Waals surface area (Å²) >= 11 is 0. The van der Waals surface area contributed by atoms with E-state index in [9.17, 15) is 4.79 Å². The summed E-state index contributed by atoms with van der Waals surface area (Å²) in [7, 11) is 0. The highest BCUT2D eigenvalue weighted by molar-refractivity contribution is 5.77. The molecule has 4 unspecified atom stereocenters. The number of carbonyl (C=O) groups excluding carboxylic acids is 1. The highest BCUT2D eigenvalue weighted by Crippen LogP contribution is 2.65. The number of carbonyl (C=O) groups is 1. The Morgan fingerprint density at radius 3 is 2.45 bits per heavy atom. The number of amides is 1. The molecule has 0 radical (unpaired) electrons. The minimum absolute atomic E-state index is 0.223. The smallest absolute Gasteiger partial charge is 0.220 e. The number of benzene rings is 1. The van der Waals surface area contributed by atoms with Crippen molar-refractivity contribution in [3.63, 3.8) is 0 Å². The summed E-state index contributed by atoms with van der Waals surface area (Å²) in [6.07, 6.45) is 5.65. The van der Waals surface area contributed by atoms with Crippen LogP contribution in [-0.4, -0.2) is 11.9 Å². The van der Waals surface area contributed by atoms with Gasteiger partial charge in [0.15, 0.2) is 0 Å². The van der Waals surface area contributed by atoms with Gasteiger partial charge in [0.05, 0.1) is 0 Å². The van der Waals surface area contributed by atoms with Gasteiger partial charge in [0, 0.05) is 18.2 Å². The van der Waals surface area contributed by atoms with E-state index in [-0.39, 0.29) is 5.91 Å². The Kier molecular flexibility index (Phi) is 2.76. The molecule has 0 spiro atoms. The fourth-order valence-corrected chi connectivity index (χ4v) is 4.72. The lowest BCUT2D eigenvalue weighted by Gasteiger charge is -2.10. The summed E-state index contributed by atoms with van der Waals surface area (Å²) in [6.45, 7) is 0.